The van der Waals surface area contributed by atoms with Crippen LogP contribution >= 0.6 is 11.3 Å². The molecule has 2 rings (SSSR count). The molecule has 0 saturated heterocycles. The molecular formula is C24H36N2SSn. The molecule has 0 atom stereocenters. The Bertz CT molecular complexity index is 766. The van der Waals surface area contributed by atoms with E-state index < -0.39 is 21.1 Å². The van der Waals surface area contributed by atoms with Gasteiger partial charge >= 0.3 is 187 Å². The number of nitrogens with zero attached hydrogens (tertiary/aromatic N) is 2. The van der Waals surface area contributed by atoms with Gasteiger partial charge in [0, 0.05) is 0 Å². The first kappa shape index (κ1) is 23.7. The van der Waals surface area contributed by atoms with Crippen molar-refractivity contribution >= 4 is 45.6 Å². The maximum atomic E-state index is 10.0. The predicted octanol–water partition coefficient (Wildman–Crippen LogP) is 7.35. The topological polar surface area (TPSA) is 36.7 Å². The van der Waals surface area contributed by atoms with Crippen LogP contribution in [-0.4, -0.2) is 26.1 Å². The fourth-order valence-corrected chi connectivity index (χ4v) is 12.8. The SMILES string of the molecule is CCCC[C](CCCC)(CCCC)[Sn][c]1sc2c(C(C)C)ccnc2c1C#N. The molecule has 0 aliphatic heterocycles. The molecule has 152 valence electrons. The predicted molar refractivity (Wildman–Crippen MR) is 125 cm³/mol. The molecule has 0 fully saturated rings. The Kier molecular flexibility index (Phi) is 9.77. The number of aromatic nitrogens is 1. The molecule has 0 spiro atoms. The average Bonchev–Trinajstić information content (AvgIpc) is 3.05. The van der Waals surface area contributed by atoms with Gasteiger partial charge < -0.3 is 0 Å². The monoisotopic (exact) mass is 504 g/mol. The number of pyridine rings is 1. The molecule has 0 aliphatic rings. The molecule has 2 aromatic rings. The molecule has 2 nitrogen and oxygen atoms in total. The molecule has 0 unspecified atom stereocenters. The van der Waals surface area contributed by atoms with Crippen LogP contribution in [0.2, 0.25) is 3.43 Å². The summed E-state index contributed by atoms with van der Waals surface area (Å²) in [4.78, 5) is 4.65. The molecule has 0 amide bonds. The summed E-state index contributed by atoms with van der Waals surface area (Å²) in [6.07, 6.45) is 13.8. The molecule has 0 aliphatic carbocycles. The summed E-state index contributed by atoms with van der Waals surface area (Å²) in [6, 6.07) is 4.72. The molecule has 2 heterocycles. The van der Waals surface area contributed by atoms with E-state index in [0.29, 0.717) is 9.35 Å². The molecule has 2 aromatic heterocycles. The first-order valence-electron chi connectivity index (χ1n) is 11.1. The van der Waals surface area contributed by atoms with Crippen LogP contribution in [0.4, 0.5) is 0 Å². The van der Waals surface area contributed by atoms with Gasteiger partial charge in [0.05, 0.1) is 0 Å². The van der Waals surface area contributed by atoms with Crippen molar-refractivity contribution in [1.82, 2.24) is 4.98 Å². The average molecular weight is 503 g/mol. The molecule has 2 radical (unpaired) electrons. The van der Waals surface area contributed by atoms with Crippen molar-refractivity contribution in [2.75, 3.05) is 0 Å². The first-order chi connectivity index (χ1) is 13.5. The Balaban J connectivity index is 2.50. The van der Waals surface area contributed by atoms with Gasteiger partial charge in [0.2, 0.25) is 0 Å². The summed E-state index contributed by atoms with van der Waals surface area (Å²) < 4.78 is 3.24. The maximum absolute atomic E-state index is 10.0. The number of fused-ring (bicyclic) bond motifs is 1. The van der Waals surface area contributed by atoms with Crippen LogP contribution in [0.15, 0.2) is 12.3 Å². The Morgan fingerprint density at radius 1 is 1.07 bits per heavy atom. The van der Waals surface area contributed by atoms with E-state index in [2.05, 4.69) is 51.7 Å². The summed E-state index contributed by atoms with van der Waals surface area (Å²) in [5.74, 6) is 0.471. The van der Waals surface area contributed by atoms with Gasteiger partial charge in [-0.3, -0.25) is 0 Å². The van der Waals surface area contributed by atoms with Crippen molar-refractivity contribution in [2.24, 2.45) is 0 Å². The molecule has 4 heteroatoms. The van der Waals surface area contributed by atoms with Gasteiger partial charge in [-0.2, -0.15) is 0 Å². The Morgan fingerprint density at radius 2 is 1.64 bits per heavy atom. The minimum absolute atomic E-state index is 0.471. The van der Waals surface area contributed by atoms with Gasteiger partial charge in [0.15, 0.2) is 0 Å². The second kappa shape index (κ2) is 11.5. The van der Waals surface area contributed by atoms with E-state index in [-0.39, 0.29) is 0 Å². The van der Waals surface area contributed by atoms with Gasteiger partial charge in [0.25, 0.3) is 0 Å². The third-order valence-corrected chi connectivity index (χ3v) is 13.4. The second-order valence-electron chi connectivity index (χ2n) is 8.37. The van der Waals surface area contributed by atoms with Crippen molar-refractivity contribution in [3.05, 3.63) is 23.4 Å². The van der Waals surface area contributed by atoms with Crippen molar-refractivity contribution < 1.29 is 0 Å². The summed E-state index contributed by atoms with van der Waals surface area (Å²) >= 11 is 1.01. The van der Waals surface area contributed by atoms with E-state index in [9.17, 15) is 5.26 Å². The fraction of sp³-hybridized carbons (Fsp3) is 0.667. The normalized spacial score (nSPS) is 12.0. The quantitative estimate of drug-likeness (QED) is 0.284. The number of hydrogen-bond acceptors (Lipinski definition) is 3. The molecule has 0 aromatic carbocycles. The summed E-state index contributed by atoms with van der Waals surface area (Å²) in [5, 5.41) is 10.0. The number of nitriles is 1. The van der Waals surface area contributed by atoms with Gasteiger partial charge in [-0.05, 0) is 0 Å². The third-order valence-electron chi connectivity index (χ3n) is 5.74. The van der Waals surface area contributed by atoms with Crippen molar-refractivity contribution in [3.8, 4) is 6.07 Å². The van der Waals surface area contributed by atoms with Crippen molar-refractivity contribution in [2.45, 2.75) is 102 Å². The van der Waals surface area contributed by atoms with E-state index in [0.717, 1.165) is 11.1 Å². The van der Waals surface area contributed by atoms with E-state index in [1.807, 2.05) is 17.5 Å². The number of hydrogen-bond donors (Lipinski definition) is 0. The van der Waals surface area contributed by atoms with Crippen molar-refractivity contribution in [3.63, 3.8) is 0 Å². The molecule has 0 bridgehead atoms. The van der Waals surface area contributed by atoms with Crippen LogP contribution in [0.3, 0.4) is 0 Å². The summed E-state index contributed by atoms with van der Waals surface area (Å²) in [7, 11) is 0. The number of unbranched alkanes of at least 4 members (excludes halogenated alkanes) is 3. The minimum atomic E-state index is -0.907. The zero-order chi connectivity index (χ0) is 20.6. The third kappa shape index (κ3) is 5.72. The summed E-state index contributed by atoms with van der Waals surface area (Å²) in [6.45, 7) is 11.4. The zero-order valence-corrected chi connectivity index (χ0v) is 22.1. The molecular weight excluding hydrogens is 467 g/mol. The standard InChI is InChI=1S/C13H27.C11H9N2S.Sn/c1-4-7-10-13(11-8-5-2)12-9-6-3;1-7(2)9-3-4-13-10-8(5-12)6-14-11(9)10;/h4-12H2,1-3H3;3-4,7H,1-2H3;. The van der Waals surface area contributed by atoms with Gasteiger partial charge in [-0.15, -0.1) is 0 Å². The van der Waals surface area contributed by atoms with Crippen LogP contribution in [0.5, 0.6) is 0 Å². The van der Waals surface area contributed by atoms with E-state index in [4.69, 9.17) is 0 Å². The van der Waals surface area contributed by atoms with Crippen LogP contribution in [0.1, 0.15) is 109 Å². The van der Waals surface area contributed by atoms with Crippen LogP contribution in [0, 0.1) is 11.3 Å². The van der Waals surface area contributed by atoms with Crippen LogP contribution < -0.4 is 2.89 Å². The van der Waals surface area contributed by atoms with Crippen LogP contribution in [0.25, 0.3) is 10.2 Å². The van der Waals surface area contributed by atoms with E-state index >= 15 is 0 Å². The van der Waals surface area contributed by atoms with E-state index in [1.165, 1.54) is 70.9 Å². The molecule has 0 saturated carbocycles. The second-order valence-corrected chi connectivity index (χ2v) is 15.6. The summed E-state index contributed by atoms with van der Waals surface area (Å²) in [5.41, 5.74) is 3.26. The Hall–Kier alpha value is -0.601. The van der Waals surface area contributed by atoms with Gasteiger partial charge in [-0.25, -0.2) is 0 Å². The van der Waals surface area contributed by atoms with Crippen LogP contribution in [-0.2, 0) is 0 Å². The fourth-order valence-electron chi connectivity index (χ4n) is 4.00. The molecule has 28 heavy (non-hydrogen) atoms. The number of rotatable bonds is 12. The van der Waals surface area contributed by atoms with Crippen molar-refractivity contribution in [1.29, 1.82) is 5.26 Å². The van der Waals surface area contributed by atoms with Gasteiger partial charge in [-0.1, -0.05) is 0 Å². The Morgan fingerprint density at radius 3 is 2.11 bits per heavy atom. The first-order valence-corrected chi connectivity index (χ1v) is 14.8. The zero-order valence-electron chi connectivity index (χ0n) is 18.4. The Labute approximate surface area is 186 Å². The van der Waals surface area contributed by atoms with Gasteiger partial charge in [0.1, 0.15) is 0 Å². The van der Waals surface area contributed by atoms with E-state index in [1.54, 1.807) is 0 Å². The molecule has 0 N–H and O–H groups in total. The number of thiophene rings is 1.